The minimum Gasteiger partial charge on any atom is -0.326 e. The Bertz CT molecular complexity index is 654. The Morgan fingerprint density at radius 2 is 2.22 bits per heavy atom. The predicted molar refractivity (Wildman–Crippen MR) is 94.0 cm³/mol. The van der Waals surface area contributed by atoms with Gasteiger partial charge in [0.25, 0.3) is 0 Å². The molecule has 0 aliphatic heterocycles. The highest BCUT2D eigenvalue weighted by molar-refractivity contribution is 5.93. The number of nitrogens with one attached hydrogen (secondary N) is 1. The van der Waals surface area contributed by atoms with Gasteiger partial charge >= 0.3 is 0 Å². The molecule has 0 bridgehead atoms. The van der Waals surface area contributed by atoms with Crippen molar-refractivity contribution in [2.24, 2.45) is 11.7 Å². The van der Waals surface area contributed by atoms with Crippen LogP contribution in [0, 0.1) is 5.92 Å². The van der Waals surface area contributed by atoms with Crippen LogP contribution in [0.25, 0.3) is 5.69 Å². The Morgan fingerprint density at radius 1 is 1.39 bits per heavy atom. The SMILES string of the molecule is CC1(N)CCCCC1C(=O)Nc1cccc(-n2cccn2)c1.Cl. The number of amides is 1. The van der Waals surface area contributed by atoms with Crippen molar-refractivity contribution in [3.8, 4) is 5.69 Å². The van der Waals surface area contributed by atoms with E-state index in [2.05, 4.69) is 10.4 Å². The number of benzene rings is 1. The van der Waals surface area contributed by atoms with E-state index in [9.17, 15) is 4.79 Å². The molecule has 2 atom stereocenters. The zero-order valence-electron chi connectivity index (χ0n) is 13.2. The Labute approximate surface area is 142 Å². The molecule has 124 valence electrons. The van der Waals surface area contributed by atoms with Crippen LogP contribution >= 0.6 is 12.4 Å². The molecular weight excluding hydrogens is 312 g/mol. The van der Waals surface area contributed by atoms with E-state index in [1.54, 1.807) is 10.9 Å². The fourth-order valence-corrected chi connectivity index (χ4v) is 3.17. The highest BCUT2D eigenvalue weighted by Crippen LogP contribution is 2.32. The van der Waals surface area contributed by atoms with Crippen LogP contribution in [0.1, 0.15) is 32.6 Å². The summed E-state index contributed by atoms with van der Waals surface area (Å²) < 4.78 is 1.77. The third kappa shape index (κ3) is 3.92. The van der Waals surface area contributed by atoms with Gasteiger partial charge in [-0.25, -0.2) is 4.68 Å². The second-order valence-corrected chi connectivity index (χ2v) is 6.29. The number of aromatic nitrogens is 2. The van der Waals surface area contributed by atoms with Crippen LogP contribution < -0.4 is 11.1 Å². The summed E-state index contributed by atoms with van der Waals surface area (Å²) in [6, 6.07) is 9.54. The van der Waals surface area contributed by atoms with Gasteiger partial charge in [-0.05, 0) is 44.0 Å². The van der Waals surface area contributed by atoms with Gasteiger partial charge in [-0.3, -0.25) is 4.79 Å². The minimum absolute atomic E-state index is 0. The average Bonchev–Trinajstić information content (AvgIpc) is 3.01. The maximum absolute atomic E-state index is 12.6. The number of anilines is 1. The molecular formula is C17H23ClN4O. The molecule has 1 aromatic carbocycles. The summed E-state index contributed by atoms with van der Waals surface area (Å²) in [5.74, 6) is -0.114. The summed E-state index contributed by atoms with van der Waals surface area (Å²) in [7, 11) is 0. The van der Waals surface area contributed by atoms with Gasteiger partial charge in [0.2, 0.25) is 5.91 Å². The van der Waals surface area contributed by atoms with Crippen LogP contribution in [0.15, 0.2) is 42.7 Å². The summed E-state index contributed by atoms with van der Waals surface area (Å²) in [5, 5.41) is 7.21. The summed E-state index contributed by atoms with van der Waals surface area (Å²) in [5.41, 5.74) is 7.59. The summed E-state index contributed by atoms with van der Waals surface area (Å²) >= 11 is 0. The lowest BCUT2D eigenvalue weighted by molar-refractivity contribution is -0.122. The molecule has 0 spiro atoms. The molecule has 0 radical (unpaired) electrons. The molecule has 1 aromatic heterocycles. The van der Waals surface area contributed by atoms with E-state index in [-0.39, 0.29) is 24.2 Å². The monoisotopic (exact) mass is 334 g/mol. The smallest absolute Gasteiger partial charge is 0.229 e. The first kappa shape index (κ1) is 17.5. The first-order valence-electron chi connectivity index (χ1n) is 7.76. The van der Waals surface area contributed by atoms with Gasteiger partial charge in [-0.15, -0.1) is 12.4 Å². The third-order valence-corrected chi connectivity index (χ3v) is 4.45. The van der Waals surface area contributed by atoms with Crippen LogP contribution in [-0.4, -0.2) is 21.2 Å². The predicted octanol–water partition coefficient (Wildman–Crippen LogP) is 3.14. The number of hydrogen-bond acceptors (Lipinski definition) is 3. The van der Waals surface area contributed by atoms with Crippen molar-refractivity contribution >= 4 is 24.0 Å². The fourth-order valence-electron chi connectivity index (χ4n) is 3.17. The van der Waals surface area contributed by atoms with Gasteiger partial charge < -0.3 is 11.1 Å². The molecule has 1 amide bonds. The molecule has 0 saturated heterocycles. The van der Waals surface area contributed by atoms with Gasteiger partial charge in [0.15, 0.2) is 0 Å². The summed E-state index contributed by atoms with van der Waals surface area (Å²) in [6.07, 6.45) is 7.53. The molecule has 2 aromatic rings. The van der Waals surface area contributed by atoms with E-state index >= 15 is 0 Å². The summed E-state index contributed by atoms with van der Waals surface area (Å²) in [6.45, 7) is 1.98. The van der Waals surface area contributed by atoms with Crippen LogP contribution in [-0.2, 0) is 4.79 Å². The van der Waals surface area contributed by atoms with Crippen molar-refractivity contribution in [1.82, 2.24) is 9.78 Å². The number of hydrogen-bond donors (Lipinski definition) is 2. The molecule has 3 N–H and O–H groups in total. The van der Waals surface area contributed by atoms with E-state index in [1.165, 1.54) is 0 Å². The Balaban J connectivity index is 0.00000192. The van der Waals surface area contributed by atoms with Gasteiger partial charge in [-0.1, -0.05) is 18.9 Å². The maximum atomic E-state index is 12.6. The van der Waals surface area contributed by atoms with Crippen LogP contribution in [0.3, 0.4) is 0 Å². The molecule has 1 heterocycles. The molecule has 6 heteroatoms. The Kier molecular flexibility index (Phi) is 5.44. The molecule has 23 heavy (non-hydrogen) atoms. The van der Waals surface area contributed by atoms with Gasteiger partial charge in [0.1, 0.15) is 0 Å². The van der Waals surface area contributed by atoms with Gasteiger partial charge in [-0.2, -0.15) is 5.10 Å². The number of halogens is 1. The second kappa shape index (κ2) is 7.15. The first-order chi connectivity index (χ1) is 10.6. The minimum atomic E-state index is -0.415. The standard InChI is InChI=1S/C17H22N4O.ClH/c1-17(18)9-3-2-8-15(17)16(22)20-13-6-4-7-14(12-13)21-11-5-10-19-21;/h4-7,10-12,15H,2-3,8-9,18H2,1H3,(H,20,22);1H. The Morgan fingerprint density at radius 3 is 2.91 bits per heavy atom. The average molecular weight is 335 g/mol. The van der Waals surface area contributed by atoms with E-state index < -0.39 is 5.54 Å². The van der Waals surface area contributed by atoms with Crippen molar-refractivity contribution in [2.45, 2.75) is 38.1 Å². The van der Waals surface area contributed by atoms with Crippen LogP contribution in [0.5, 0.6) is 0 Å². The number of carbonyl (C=O) groups is 1. The third-order valence-electron chi connectivity index (χ3n) is 4.45. The highest BCUT2D eigenvalue weighted by Gasteiger charge is 2.37. The number of carbonyl (C=O) groups excluding carboxylic acids is 1. The van der Waals surface area contributed by atoms with Crippen molar-refractivity contribution in [3.63, 3.8) is 0 Å². The molecule has 1 aliphatic carbocycles. The molecule has 1 aliphatic rings. The number of nitrogens with two attached hydrogens (primary N) is 1. The molecule has 3 rings (SSSR count). The van der Waals surface area contributed by atoms with Crippen molar-refractivity contribution < 1.29 is 4.79 Å². The van der Waals surface area contributed by atoms with E-state index in [1.807, 2.05) is 43.5 Å². The van der Waals surface area contributed by atoms with Crippen molar-refractivity contribution in [3.05, 3.63) is 42.7 Å². The van der Waals surface area contributed by atoms with Gasteiger partial charge in [0, 0.05) is 23.6 Å². The normalized spacial score (nSPS) is 23.8. The highest BCUT2D eigenvalue weighted by atomic mass is 35.5. The van der Waals surface area contributed by atoms with Crippen LogP contribution in [0.2, 0.25) is 0 Å². The largest absolute Gasteiger partial charge is 0.326 e. The lowest BCUT2D eigenvalue weighted by Crippen LogP contribution is -2.51. The lowest BCUT2D eigenvalue weighted by atomic mass is 9.74. The zero-order chi connectivity index (χ0) is 15.6. The Hall–Kier alpha value is -1.85. The number of nitrogens with zero attached hydrogens (tertiary/aromatic N) is 2. The maximum Gasteiger partial charge on any atom is 0.229 e. The molecule has 1 saturated carbocycles. The lowest BCUT2D eigenvalue weighted by Gasteiger charge is -2.37. The molecule has 2 unspecified atom stereocenters. The second-order valence-electron chi connectivity index (χ2n) is 6.29. The zero-order valence-corrected chi connectivity index (χ0v) is 14.1. The first-order valence-corrected chi connectivity index (χ1v) is 7.76. The number of rotatable bonds is 3. The van der Waals surface area contributed by atoms with E-state index in [0.717, 1.165) is 37.1 Å². The van der Waals surface area contributed by atoms with E-state index in [0.29, 0.717) is 0 Å². The van der Waals surface area contributed by atoms with Crippen molar-refractivity contribution in [2.75, 3.05) is 5.32 Å². The van der Waals surface area contributed by atoms with Gasteiger partial charge in [0.05, 0.1) is 11.6 Å². The van der Waals surface area contributed by atoms with Crippen LogP contribution in [0.4, 0.5) is 5.69 Å². The molecule has 5 nitrogen and oxygen atoms in total. The van der Waals surface area contributed by atoms with Crippen molar-refractivity contribution in [1.29, 1.82) is 0 Å². The summed E-state index contributed by atoms with van der Waals surface area (Å²) in [4.78, 5) is 12.6. The molecule has 1 fully saturated rings. The quantitative estimate of drug-likeness (QED) is 0.905. The topological polar surface area (TPSA) is 72.9 Å². The van der Waals surface area contributed by atoms with E-state index in [4.69, 9.17) is 5.73 Å². The fraction of sp³-hybridized carbons (Fsp3) is 0.412.